The Morgan fingerprint density at radius 3 is 2.88 bits per heavy atom. The van der Waals surface area contributed by atoms with E-state index in [0.29, 0.717) is 12.8 Å². The number of para-hydroxylation sites is 1. The van der Waals surface area contributed by atoms with Crippen LogP contribution in [0, 0.1) is 0 Å². The van der Waals surface area contributed by atoms with Gasteiger partial charge in [-0.2, -0.15) is 0 Å². The highest BCUT2D eigenvalue weighted by Gasteiger charge is 2.11. The van der Waals surface area contributed by atoms with Crippen molar-refractivity contribution in [1.29, 1.82) is 0 Å². The van der Waals surface area contributed by atoms with Crippen LogP contribution in [0.25, 0.3) is 10.9 Å². The quantitative estimate of drug-likeness (QED) is 0.727. The number of H-pyrrole nitrogens is 1. The summed E-state index contributed by atoms with van der Waals surface area (Å²) in [6.45, 7) is 0. The molecule has 2 aromatic rings. The van der Waals surface area contributed by atoms with E-state index in [4.69, 9.17) is 10.8 Å². The molecule has 2 rings (SSSR count). The van der Waals surface area contributed by atoms with Crippen LogP contribution >= 0.6 is 0 Å². The Hall–Kier alpha value is -1.81. The molecule has 0 fully saturated rings. The maximum atomic E-state index is 10.6. The minimum Gasteiger partial charge on any atom is -0.480 e. The van der Waals surface area contributed by atoms with Gasteiger partial charge in [-0.25, -0.2) is 0 Å². The van der Waals surface area contributed by atoms with Gasteiger partial charge < -0.3 is 15.8 Å². The van der Waals surface area contributed by atoms with Crippen molar-refractivity contribution in [3.05, 3.63) is 36.0 Å². The van der Waals surface area contributed by atoms with Crippen LogP contribution in [0.3, 0.4) is 0 Å². The van der Waals surface area contributed by atoms with Gasteiger partial charge in [0.2, 0.25) is 0 Å². The zero-order valence-corrected chi connectivity index (χ0v) is 8.81. The van der Waals surface area contributed by atoms with Gasteiger partial charge in [0.05, 0.1) is 0 Å². The number of carboxylic acid groups (broad SMARTS) is 1. The first kappa shape index (κ1) is 10.7. The summed E-state index contributed by atoms with van der Waals surface area (Å²) in [5.41, 5.74) is 7.54. The average molecular weight is 218 g/mol. The molecular weight excluding hydrogens is 204 g/mol. The van der Waals surface area contributed by atoms with E-state index in [1.807, 2.05) is 30.3 Å². The Morgan fingerprint density at radius 2 is 2.19 bits per heavy atom. The van der Waals surface area contributed by atoms with Crippen molar-refractivity contribution in [2.24, 2.45) is 5.73 Å². The monoisotopic (exact) mass is 218 g/mol. The maximum Gasteiger partial charge on any atom is 0.320 e. The van der Waals surface area contributed by atoms with Crippen molar-refractivity contribution >= 4 is 16.9 Å². The molecule has 0 aliphatic heterocycles. The number of nitrogens with one attached hydrogen (secondary N) is 1. The second-order valence-electron chi connectivity index (χ2n) is 3.87. The van der Waals surface area contributed by atoms with Crippen LogP contribution in [0.5, 0.6) is 0 Å². The van der Waals surface area contributed by atoms with Crippen LogP contribution < -0.4 is 5.73 Å². The molecular formula is C12H14N2O2. The number of carboxylic acids is 1. The van der Waals surface area contributed by atoms with Crippen molar-refractivity contribution in [3.63, 3.8) is 0 Å². The summed E-state index contributed by atoms with van der Waals surface area (Å²) >= 11 is 0. The van der Waals surface area contributed by atoms with Gasteiger partial charge in [-0.1, -0.05) is 18.2 Å². The molecule has 84 valence electrons. The Labute approximate surface area is 93.1 Å². The predicted molar refractivity (Wildman–Crippen MR) is 62.2 cm³/mol. The molecule has 1 atom stereocenters. The Morgan fingerprint density at radius 1 is 1.44 bits per heavy atom. The summed E-state index contributed by atoms with van der Waals surface area (Å²) in [6, 6.07) is 9.20. The lowest BCUT2D eigenvalue weighted by Gasteiger charge is -2.03. The van der Waals surface area contributed by atoms with E-state index in [1.54, 1.807) is 0 Å². The number of fused-ring (bicyclic) bond motifs is 1. The summed E-state index contributed by atoms with van der Waals surface area (Å²) in [4.78, 5) is 13.8. The maximum absolute atomic E-state index is 10.6. The zero-order valence-electron chi connectivity index (χ0n) is 8.81. The smallest absolute Gasteiger partial charge is 0.320 e. The highest BCUT2D eigenvalue weighted by molar-refractivity contribution is 5.80. The number of rotatable bonds is 4. The molecule has 1 aromatic carbocycles. The molecule has 0 bridgehead atoms. The number of aryl methyl sites for hydroxylation is 1. The van der Waals surface area contributed by atoms with Gasteiger partial charge in [0.1, 0.15) is 6.04 Å². The summed E-state index contributed by atoms with van der Waals surface area (Å²) in [7, 11) is 0. The topological polar surface area (TPSA) is 79.1 Å². The largest absolute Gasteiger partial charge is 0.480 e. The fourth-order valence-corrected chi connectivity index (χ4v) is 1.70. The standard InChI is InChI=1S/C12H14N2O2/c13-10(12(15)16)6-5-9-7-8-3-1-2-4-11(8)14-9/h1-4,7,10,14H,5-6,13H2,(H,15,16). The predicted octanol–water partition coefficient (Wildman–Crippen LogP) is 1.51. The van der Waals surface area contributed by atoms with Crippen LogP contribution in [0.2, 0.25) is 0 Å². The van der Waals surface area contributed by atoms with Gasteiger partial charge in [0, 0.05) is 11.2 Å². The fraction of sp³-hybridized carbons (Fsp3) is 0.250. The summed E-state index contributed by atoms with van der Waals surface area (Å²) in [6.07, 6.45) is 1.10. The van der Waals surface area contributed by atoms with E-state index in [0.717, 1.165) is 16.6 Å². The molecule has 1 unspecified atom stereocenters. The number of hydrogen-bond donors (Lipinski definition) is 3. The van der Waals surface area contributed by atoms with E-state index >= 15 is 0 Å². The van der Waals surface area contributed by atoms with Crippen LogP contribution in [0.15, 0.2) is 30.3 Å². The Kier molecular flexibility index (Phi) is 2.92. The number of nitrogens with two attached hydrogens (primary N) is 1. The molecule has 0 saturated carbocycles. The number of aromatic nitrogens is 1. The van der Waals surface area contributed by atoms with Crippen LogP contribution in [-0.2, 0) is 11.2 Å². The molecule has 0 aliphatic carbocycles. The molecule has 0 amide bonds. The molecule has 1 aromatic heterocycles. The van der Waals surface area contributed by atoms with Crippen LogP contribution in [-0.4, -0.2) is 22.1 Å². The number of carbonyl (C=O) groups is 1. The van der Waals surface area contributed by atoms with E-state index in [2.05, 4.69) is 4.98 Å². The number of benzene rings is 1. The molecule has 1 heterocycles. The lowest BCUT2D eigenvalue weighted by Crippen LogP contribution is -2.30. The van der Waals surface area contributed by atoms with E-state index in [9.17, 15) is 4.79 Å². The fourth-order valence-electron chi connectivity index (χ4n) is 1.70. The lowest BCUT2D eigenvalue weighted by molar-refractivity contribution is -0.138. The van der Waals surface area contributed by atoms with E-state index < -0.39 is 12.0 Å². The first-order valence-electron chi connectivity index (χ1n) is 5.22. The molecule has 0 spiro atoms. The van der Waals surface area contributed by atoms with Crippen molar-refractivity contribution in [3.8, 4) is 0 Å². The lowest BCUT2D eigenvalue weighted by atomic mass is 10.1. The van der Waals surface area contributed by atoms with E-state index in [1.165, 1.54) is 0 Å². The summed E-state index contributed by atoms with van der Waals surface area (Å²) < 4.78 is 0. The van der Waals surface area contributed by atoms with Crippen molar-refractivity contribution < 1.29 is 9.90 Å². The zero-order chi connectivity index (χ0) is 11.5. The molecule has 0 aliphatic rings. The summed E-state index contributed by atoms with van der Waals surface area (Å²) in [5.74, 6) is -0.948. The highest BCUT2D eigenvalue weighted by Crippen LogP contribution is 2.15. The van der Waals surface area contributed by atoms with Gasteiger partial charge in [-0.3, -0.25) is 4.79 Å². The average Bonchev–Trinajstić information content (AvgIpc) is 2.68. The van der Waals surface area contributed by atoms with Gasteiger partial charge >= 0.3 is 5.97 Å². The first-order chi connectivity index (χ1) is 7.66. The first-order valence-corrected chi connectivity index (χ1v) is 5.22. The minimum atomic E-state index is -0.948. The molecule has 16 heavy (non-hydrogen) atoms. The third-order valence-corrected chi connectivity index (χ3v) is 2.63. The van der Waals surface area contributed by atoms with Gasteiger partial charge in [0.15, 0.2) is 0 Å². The molecule has 0 saturated heterocycles. The van der Waals surface area contributed by atoms with Gasteiger partial charge in [0.25, 0.3) is 0 Å². The molecule has 4 N–H and O–H groups in total. The van der Waals surface area contributed by atoms with E-state index in [-0.39, 0.29) is 0 Å². The summed E-state index contributed by atoms with van der Waals surface area (Å²) in [5, 5.41) is 9.80. The van der Waals surface area contributed by atoms with Gasteiger partial charge in [-0.15, -0.1) is 0 Å². The second-order valence-corrected chi connectivity index (χ2v) is 3.87. The third-order valence-electron chi connectivity index (χ3n) is 2.63. The normalized spacial score (nSPS) is 12.8. The molecule has 0 radical (unpaired) electrons. The van der Waals surface area contributed by atoms with Crippen LogP contribution in [0.4, 0.5) is 0 Å². The minimum absolute atomic E-state index is 0.447. The number of aromatic amines is 1. The molecule has 4 nitrogen and oxygen atoms in total. The number of aliphatic carboxylic acids is 1. The van der Waals surface area contributed by atoms with Crippen LogP contribution in [0.1, 0.15) is 12.1 Å². The number of hydrogen-bond acceptors (Lipinski definition) is 2. The second kappa shape index (κ2) is 4.37. The third kappa shape index (κ3) is 2.23. The van der Waals surface area contributed by atoms with Crippen molar-refractivity contribution in [2.75, 3.05) is 0 Å². The Bertz CT molecular complexity index is 471. The van der Waals surface area contributed by atoms with Gasteiger partial charge in [-0.05, 0) is 30.4 Å². The van der Waals surface area contributed by atoms with Crippen molar-refractivity contribution in [1.82, 2.24) is 4.98 Å². The Balaban J connectivity index is 2.07. The van der Waals surface area contributed by atoms with Crippen molar-refractivity contribution in [2.45, 2.75) is 18.9 Å². The molecule has 4 heteroatoms. The highest BCUT2D eigenvalue weighted by atomic mass is 16.4. The SMILES string of the molecule is NC(CCc1cc2ccccc2[nH]1)C(=O)O.